The van der Waals surface area contributed by atoms with Crippen LogP contribution in [0, 0.1) is 0 Å². The van der Waals surface area contributed by atoms with Gasteiger partial charge in [-0.05, 0) is 47.6 Å². The smallest absolute Gasteiger partial charge is 0.194 e. The molecule has 0 bridgehead atoms. The molecule has 1 heterocycles. The lowest BCUT2D eigenvalue weighted by Gasteiger charge is -2.25. The summed E-state index contributed by atoms with van der Waals surface area (Å²) in [5.74, 6) is 0.836. The first-order valence-corrected chi connectivity index (χ1v) is 9.57. The summed E-state index contributed by atoms with van der Waals surface area (Å²) in [7, 11) is 1.67. The van der Waals surface area contributed by atoms with Gasteiger partial charge in [-0.25, -0.2) is 5.01 Å². The molecule has 5 heteroatoms. The Balaban J connectivity index is 1.64. The maximum absolute atomic E-state index is 5.71. The molecule has 0 radical (unpaired) electrons. The van der Waals surface area contributed by atoms with Crippen molar-refractivity contribution in [2.75, 3.05) is 12.4 Å². The SMILES string of the molecule is COc1ccc([C@@H]2CC(c3ccccc3)=NN2C(=S)Nc2ccccc2)cc1. The molecule has 1 N–H and O–H groups in total. The van der Waals surface area contributed by atoms with Crippen LogP contribution in [0.25, 0.3) is 0 Å². The number of ether oxygens (including phenoxy) is 1. The van der Waals surface area contributed by atoms with Crippen LogP contribution < -0.4 is 10.1 Å². The highest BCUT2D eigenvalue weighted by Gasteiger charge is 2.31. The standard InChI is InChI=1S/C23H21N3OS/c1-27-20-14-12-18(13-15-20)22-16-21(17-8-4-2-5-9-17)25-26(22)23(28)24-19-10-6-3-7-11-19/h2-15,22H,16H2,1H3,(H,24,28)/t22-/m0/s1. The monoisotopic (exact) mass is 387 g/mol. The number of nitrogens with zero attached hydrogens (tertiary/aromatic N) is 2. The number of hydrogen-bond donors (Lipinski definition) is 1. The average Bonchev–Trinajstić information content (AvgIpc) is 3.21. The first-order valence-electron chi connectivity index (χ1n) is 9.17. The molecule has 3 aromatic carbocycles. The summed E-state index contributed by atoms with van der Waals surface area (Å²) in [6.07, 6.45) is 0.785. The zero-order chi connectivity index (χ0) is 19.3. The maximum Gasteiger partial charge on any atom is 0.194 e. The van der Waals surface area contributed by atoms with Crippen molar-refractivity contribution in [2.24, 2.45) is 5.10 Å². The zero-order valence-electron chi connectivity index (χ0n) is 15.6. The van der Waals surface area contributed by atoms with E-state index < -0.39 is 0 Å². The molecule has 28 heavy (non-hydrogen) atoms. The molecule has 0 amide bonds. The number of hydrogen-bond acceptors (Lipinski definition) is 3. The van der Waals surface area contributed by atoms with Crippen molar-refractivity contribution in [3.05, 3.63) is 96.1 Å². The molecule has 0 unspecified atom stereocenters. The topological polar surface area (TPSA) is 36.9 Å². The number of methoxy groups -OCH3 is 1. The van der Waals surface area contributed by atoms with Crippen LogP contribution in [0.4, 0.5) is 5.69 Å². The van der Waals surface area contributed by atoms with Crippen LogP contribution in [0.1, 0.15) is 23.6 Å². The Bertz CT molecular complexity index is 972. The first-order chi connectivity index (χ1) is 13.7. The molecule has 1 atom stereocenters. The van der Waals surface area contributed by atoms with E-state index in [2.05, 4.69) is 29.6 Å². The van der Waals surface area contributed by atoms with Gasteiger partial charge in [0.15, 0.2) is 5.11 Å². The fraction of sp³-hybridized carbons (Fsp3) is 0.130. The second-order valence-corrected chi connectivity index (χ2v) is 6.93. The summed E-state index contributed by atoms with van der Waals surface area (Å²) in [5, 5.41) is 10.7. The van der Waals surface area contributed by atoms with Gasteiger partial charge in [-0.2, -0.15) is 5.10 Å². The fourth-order valence-electron chi connectivity index (χ4n) is 3.29. The summed E-state index contributed by atoms with van der Waals surface area (Å²) in [6, 6.07) is 28.3. The predicted octanol–water partition coefficient (Wildman–Crippen LogP) is 5.24. The summed E-state index contributed by atoms with van der Waals surface area (Å²) in [5.41, 5.74) is 4.24. The molecule has 0 spiro atoms. The number of nitrogens with one attached hydrogen (secondary N) is 1. The molecular weight excluding hydrogens is 366 g/mol. The van der Waals surface area contributed by atoms with Crippen LogP contribution in [-0.2, 0) is 0 Å². The summed E-state index contributed by atoms with van der Waals surface area (Å²) >= 11 is 5.71. The molecule has 1 aliphatic heterocycles. The van der Waals surface area contributed by atoms with Crippen LogP contribution >= 0.6 is 12.2 Å². The van der Waals surface area contributed by atoms with Gasteiger partial charge in [0.2, 0.25) is 0 Å². The third kappa shape index (κ3) is 3.89. The third-order valence-corrected chi connectivity index (χ3v) is 5.04. The molecule has 140 valence electrons. The van der Waals surface area contributed by atoms with E-state index >= 15 is 0 Å². The number of thiocarbonyl (C=S) groups is 1. The molecule has 0 aromatic heterocycles. The van der Waals surface area contributed by atoms with Crippen molar-refractivity contribution in [1.29, 1.82) is 0 Å². The van der Waals surface area contributed by atoms with E-state index in [1.54, 1.807) is 7.11 Å². The minimum Gasteiger partial charge on any atom is -0.497 e. The van der Waals surface area contributed by atoms with Gasteiger partial charge in [0.1, 0.15) is 5.75 Å². The number of rotatable bonds is 4. The number of para-hydroxylation sites is 1. The second kappa shape index (κ2) is 8.23. The minimum atomic E-state index is 0.0322. The Kier molecular flexibility index (Phi) is 5.35. The Morgan fingerprint density at radius 3 is 2.25 bits per heavy atom. The highest BCUT2D eigenvalue weighted by Crippen LogP contribution is 2.34. The van der Waals surface area contributed by atoms with Crippen LogP contribution in [-0.4, -0.2) is 22.9 Å². The van der Waals surface area contributed by atoms with Gasteiger partial charge in [0, 0.05) is 12.1 Å². The lowest BCUT2D eigenvalue weighted by molar-refractivity contribution is 0.374. The van der Waals surface area contributed by atoms with Crippen molar-refractivity contribution in [3.63, 3.8) is 0 Å². The Morgan fingerprint density at radius 2 is 1.61 bits per heavy atom. The van der Waals surface area contributed by atoms with E-state index in [1.807, 2.05) is 65.7 Å². The van der Waals surface area contributed by atoms with Crippen LogP contribution in [0.2, 0.25) is 0 Å². The molecule has 0 saturated heterocycles. The quantitative estimate of drug-likeness (QED) is 0.621. The lowest BCUT2D eigenvalue weighted by Crippen LogP contribution is -2.31. The van der Waals surface area contributed by atoms with Gasteiger partial charge >= 0.3 is 0 Å². The highest BCUT2D eigenvalue weighted by molar-refractivity contribution is 7.80. The van der Waals surface area contributed by atoms with Crippen LogP contribution in [0.5, 0.6) is 5.75 Å². The number of hydrazone groups is 1. The minimum absolute atomic E-state index is 0.0322. The highest BCUT2D eigenvalue weighted by atomic mass is 32.1. The third-order valence-electron chi connectivity index (χ3n) is 4.75. The maximum atomic E-state index is 5.71. The van der Waals surface area contributed by atoms with Gasteiger partial charge in [-0.3, -0.25) is 0 Å². The number of benzene rings is 3. The normalized spacial score (nSPS) is 15.8. The lowest BCUT2D eigenvalue weighted by atomic mass is 9.98. The Labute approximate surface area is 170 Å². The Morgan fingerprint density at radius 1 is 0.964 bits per heavy atom. The van der Waals surface area contributed by atoms with E-state index in [-0.39, 0.29) is 6.04 Å². The molecule has 4 rings (SSSR count). The van der Waals surface area contributed by atoms with Crippen LogP contribution in [0.15, 0.2) is 90.0 Å². The van der Waals surface area contributed by atoms with Crippen molar-refractivity contribution < 1.29 is 4.74 Å². The second-order valence-electron chi connectivity index (χ2n) is 6.55. The van der Waals surface area contributed by atoms with Gasteiger partial charge < -0.3 is 10.1 Å². The largest absolute Gasteiger partial charge is 0.497 e. The molecular formula is C23H21N3OS. The molecule has 4 nitrogen and oxygen atoms in total. The van der Waals surface area contributed by atoms with Crippen molar-refractivity contribution in [1.82, 2.24) is 5.01 Å². The molecule has 3 aromatic rings. The van der Waals surface area contributed by atoms with Crippen molar-refractivity contribution >= 4 is 28.7 Å². The zero-order valence-corrected chi connectivity index (χ0v) is 16.4. The van der Waals surface area contributed by atoms with Crippen molar-refractivity contribution in [2.45, 2.75) is 12.5 Å². The van der Waals surface area contributed by atoms with Crippen molar-refractivity contribution in [3.8, 4) is 5.75 Å². The first kappa shape index (κ1) is 18.2. The van der Waals surface area contributed by atoms with Gasteiger partial charge in [0.05, 0.1) is 18.9 Å². The summed E-state index contributed by atoms with van der Waals surface area (Å²) in [4.78, 5) is 0. The molecule has 0 fully saturated rings. The number of anilines is 1. The van der Waals surface area contributed by atoms with Gasteiger partial charge in [-0.1, -0.05) is 60.7 Å². The molecule has 1 aliphatic rings. The van der Waals surface area contributed by atoms with E-state index in [4.69, 9.17) is 22.1 Å². The predicted molar refractivity (Wildman–Crippen MR) is 118 cm³/mol. The van der Waals surface area contributed by atoms with E-state index in [9.17, 15) is 0 Å². The Hall–Kier alpha value is -3.18. The summed E-state index contributed by atoms with van der Waals surface area (Å²) in [6.45, 7) is 0. The van der Waals surface area contributed by atoms with Gasteiger partial charge in [0.25, 0.3) is 0 Å². The van der Waals surface area contributed by atoms with E-state index in [0.717, 1.165) is 34.7 Å². The average molecular weight is 388 g/mol. The van der Waals surface area contributed by atoms with Gasteiger partial charge in [-0.15, -0.1) is 0 Å². The van der Waals surface area contributed by atoms with E-state index in [1.165, 1.54) is 0 Å². The van der Waals surface area contributed by atoms with E-state index in [0.29, 0.717) is 5.11 Å². The summed E-state index contributed by atoms with van der Waals surface area (Å²) < 4.78 is 5.30. The fourth-order valence-corrected chi connectivity index (χ4v) is 3.58. The van der Waals surface area contributed by atoms with Crippen LogP contribution in [0.3, 0.4) is 0 Å². The molecule has 0 aliphatic carbocycles. The molecule has 0 saturated carbocycles.